The van der Waals surface area contributed by atoms with Crippen LogP contribution in [-0.4, -0.2) is 14.8 Å². The normalized spacial score (nSPS) is 15.2. The Labute approximate surface area is 109 Å². The lowest BCUT2D eigenvalue weighted by molar-refractivity contribution is 0.871. The molecule has 17 heavy (non-hydrogen) atoms. The Hall–Kier alpha value is -1.06. The third-order valence-corrected chi connectivity index (χ3v) is 3.50. The van der Waals surface area contributed by atoms with Crippen LogP contribution in [0.3, 0.4) is 0 Å². The van der Waals surface area contributed by atoms with Gasteiger partial charge in [0, 0.05) is 5.92 Å². The minimum absolute atomic E-state index is 0.374. The maximum atomic E-state index is 6.22. The third-order valence-electron chi connectivity index (χ3n) is 2.93. The molecule has 1 aromatic carbocycles. The standard InChI is InChI=1S/C12H11Cl2N3/c1-7-2-5-9(13)10(6-7)17-11(8-3-4-8)15-16-12(17)14/h2,5-6,8H,3-4H2,1H3. The molecule has 0 saturated heterocycles. The van der Waals surface area contributed by atoms with Gasteiger partial charge in [0.15, 0.2) is 0 Å². The van der Waals surface area contributed by atoms with Gasteiger partial charge in [0.25, 0.3) is 0 Å². The van der Waals surface area contributed by atoms with Gasteiger partial charge in [-0.2, -0.15) is 0 Å². The first-order valence-corrected chi connectivity index (χ1v) is 6.30. The number of hydrogen-bond acceptors (Lipinski definition) is 2. The van der Waals surface area contributed by atoms with E-state index in [1.807, 2.05) is 29.7 Å². The van der Waals surface area contributed by atoms with Crippen LogP contribution in [0.2, 0.25) is 10.3 Å². The van der Waals surface area contributed by atoms with E-state index in [4.69, 9.17) is 23.2 Å². The lowest BCUT2D eigenvalue weighted by atomic mass is 10.2. The smallest absolute Gasteiger partial charge is 0.229 e. The predicted molar refractivity (Wildman–Crippen MR) is 68.1 cm³/mol. The summed E-state index contributed by atoms with van der Waals surface area (Å²) in [4.78, 5) is 0. The molecule has 0 aliphatic heterocycles. The molecule has 1 aliphatic carbocycles. The van der Waals surface area contributed by atoms with Crippen molar-refractivity contribution >= 4 is 23.2 Å². The van der Waals surface area contributed by atoms with Gasteiger partial charge in [-0.15, -0.1) is 10.2 Å². The lowest BCUT2D eigenvalue weighted by Crippen LogP contribution is -2.01. The summed E-state index contributed by atoms with van der Waals surface area (Å²) >= 11 is 12.3. The zero-order valence-corrected chi connectivity index (χ0v) is 10.8. The Morgan fingerprint density at radius 1 is 1.24 bits per heavy atom. The second-order valence-electron chi connectivity index (χ2n) is 4.39. The van der Waals surface area contributed by atoms with E-state index in [-0.39, 0.29) is 0 Å². The number of benzene rings is 1. The van der Waals surface area contributed by atoms with Crippen molar-refractivity contribution < 1.29 is 0 Å². The first-order valence-electron chi connectivity index (χ1n) is 5.54. The molecule has 0 unspecified atom stereocenters. The maximum absolute atomic E-state index is 6.22. The van der Waals surface area contributed by atoms with Gasteiger partial charge in [-0.1, -0.05) is 17.7 Å². The van der Waals surface area contributed by atoms with Crippen LogP contribution >= 0.6 is 23.2 Å². The topological polar surface area (TPSA) is 30.7 Å². The van der Waals surface area contributed by atoms with Crippen molar-refractivity contribution in [1.29, 1.82) is 0 Å². The van der Waals surface area contributed by atoms with E-state index in [1.54, 1.807) is 0 Å². The average Bonchev–Trinajstić information content (AvgIpc) is 3.07. The molecule has 5 heteroatoms. The molecule has 1 fully saturated rings. The highest BCUT2D eigenvalue weighted by atomic mass is 35.5. The molecular weight excluding hydrogens is 257 g/mol. The molecule has 0 N–H and O–H groups in total. The van der Waals surface area contributed by atoms with Gasteiger partial charge in [0.2, 0.25) is 5.28 Å². The Morgan fingerprint density at radius 2 is 2.00 bits per heavy atom. The molecule has 0 radical (unpaired) electrons. The molecule has 2 aromatic rings. The number of halogens is 2. The van der Waals surface area contributed by atoms with E-state index in [2.05, 4.69) is 10.2 Å². The Bertz CT molecular complexity index is 573. The van der Waals surface area contributed by atoms with Crippen LogP contribution in [0.15, 0.2) is 18.2 Å². The van der Waals surface area contributed by atoms with Crippen molar-refractivity contribution in [2.24, 2.45) is 0 Å². The molecule has 1 aromatic heterocycles. The molecule has 3 rings (SSSR count). The van der Waals surface area contributed by atoms with Crippen LogP contribution in [0.1, 0.15) is 30.1 Å². The highest BCUT2D eigenvalue weighted by molar-refractivity contribution is 6.33. The van der Waals surface area contributed by atoms with Crippen LogP contribution < -0.4 is 0 Å². The largest absolute Gasteiger partial charge is 0.268 e. The number of rotatable bonds is 2. The van der Waals surface area contributed by atoms with Crippen molar-refractivity contribution in [1.82, 2.24) is 14.8 Å². The molecule has 3 nitrogen and oxygen atoms in total. The van der Waals surface area contributed by atoms with Crippen molar-refractivity contribution in [3.05, 3.63) is 39.9 Å². The predicted octanol–water partition coefficient (Wildman–Crippen LogP) is 3.76. The lowest BCUT2D eigenvalue weighted by Gasteiger charge is -2.10. The van der Waals surface area contributed by atoms with Crippen LogP contribution in [0.25, 0.3) is 5.69 Å². The van der Waals surface area contributed by atoms with Gasteiger partial charge in [-0.25, -0.2) is 0 Å². The van der Waals surface area contributed by atoms with Gasteiger partial charge in [0.05, 0.1) is 10.7 Å². The molecule has 1 aliphatic rings. The zero-order chi connectivity index (χ0) is 12.0. The maximum Gasteiger partial charge on any atom is 0.229 e. The monoisotopic (exact) mass is 267 g/mol. The van der Waals surface area contributed by atoms with Crippen molar-refractivity contribution in [2.45, 2.75) is 25.7 Å². The first-order chi connectivity index (χ1) is 8.16. The Balaban J connectivity index is 2.19. The van der Waals surface area contributed by atoms with Crippen molar-refractivity contribution in [3.63, 3.8) is 0 Å². The minimum atomic E-state index is 0.374. The van der Waals surface area contributed by atoms with Gasteiger partial charge in [0.1, 0.15) is 5.82 Å². The fraction of sp³-hybridized carbons (Fsp3) is 0.333. The van der Waals surface area contributed by atoms with Crippen LogP contribution in [0, 0.1) is 6.92 Å². The third kappa shape index (κ3) is 1.94. The number of aromatic nitrogens is 3. The summed E-state index contributed by atoms with van der Waals surface area (Å²) in [6.07, 6.45) is 2.30. The fourth-order valence-electron chi connectivity index (χ4n) is 1.90. The summed E-state index contributed by atoms with van der Waals surface area (Å²) in [5, 5.41) is 9.13. The summed E-state index contributed by atoms with van der Waals surface area (Å²) in [5.41, 5.74) is 2.00. The van der Waals surface area contributed by atoms with Crippen LogP contribution in [0.5, 0.6) is 0 Å². The number of nitrogens with zero attached hydrogens (tertiary/aromatic N) is 3. The van der Waals surface area contributed by atoms with E-state index < -0.39 is 0 Å². The summed E-state index contributed by atoms with van der Waals surface area (Å²) in [6, 6.07) is 5.85. The summed E-state index contributed by atoms with van der Waals surface area (Å²) in [6.45, 7) is 2.02. The highest BCUT2D eigenvalue weighted by Crippen LogP contribution is 2.41. The molecule has 1 saturated carbocycles. The Kier molecular flexibility index (Phi) is 2.60. The zero-order valence-electron chi connectivity index (χ0n) is 9.32. The molecule has 0 atom stereocenters. The number of hydrogen-bond donors (Lipinski definition) is 0. The molecule has 1 heterocycles. The summed E-state index contributed by atoms with van der Waals surface area (Å²) in [5.74, 6) is 1.40. The quantitative estimate of drug-likeness (QED) is 0.830. The summed E-state index contributed by atoms with van der Waals surface area (Å²) < 4.78 is 1.86. The average molecular weight is 268 g/mol. The number of aryl methyl sites for hydroxylation is 1. The van der Waals surface area contributed by atoms with Gasteiger partial charge in [-0.3, -0.25) is 4.57 Å². The van der Waals surface area contributed by atoms with Crippen LogP contribution in [0.4, 0.5) is 0 Å². The van der Waals surface area contributed by atoms with Gasteiger partial charge >= 0.3 is 0 Å². The highest BCUT2D eigenvalue weighted by Gasteiger charge is 2.31. The van der Waals surface area contributed by atoms with E-state index in [0.717, 1.165) is 29.9 Å². The van der Waals surface area contributed by atoms with E-state index in [9.17, 15) is 0 Å². The second kappa shape index (κ2) is 4.00. The van der Waals surface area contributed by atoms with Crippen molar-refractivity contribution in [2.75, 3.05) is 0 Å². The first kappa shape index (κ1) is 11.1. The van der Waals surface area contributed by atoms with Crippen molar-refractivity contribution in [3.8, 4) is 5.69 Å². The molecule has 0 spiro atoms. The second-order valence-corrected chi connectivity index (χ2v) is 5.14. The van der Waals surface area contributed by atoms with Crippen LogP contribution in [-0.2, 0) is 0 Å². The van der Waals surface area contributed by atoms with E-state index in [1.165, 1.54) is 0 Å². The van der Waals surface area contributed by atoms with E-state index in [0.29, 0.717) is 16.2 Å². The van der Waals surface area contributed by atoms with E-state index >= 15 is 0 Å². The molecule has 0 amide bonds. The Morgan fingerprint density at radius 3 is 2.71 bits per heavy atom. The molecule has 88 valence electrons. The van der Waals surface area contributed by atoms with Gasteiger partial charge < -0.3 is 0 Å². The summed E-state index contributed by atoms with van der Waals surface area (Å²) in [7, 11) is 0. The SMILES string of the molecule is Cc1ccc(Cl)c(-n2c(Cl)nnc2C2CC2)c1. The molecular formula is C12H11Cl2N3. The van der Waals surface area contributed by atoms with Gasteiger partial charge in [-0.05, 0) is 49.1 Å². The fourth-order valence-corrected chi connectivity index (χ4v) is 2.32. The minimum Gasteiger partial charge on any atom is -0.268 e. The molecule has 0 bridgehead atoms.